The first-order valence-electron chi connectivity index (χ1n) is 7.31. The Balaban J connectivity index is 1.91. The van der Waals surface area contributed by atoms with E-state index >= 15 is 0 Å². The summed E-state index contributed by atoms with van der Waals surface area (Å²) in [5, 5.41) is 15.9. The van der Waals surface area contributed by atoms with Crippen LogP contribution in [0, 0.1) is 0 Å². The van der Waals surface area contributed by atoms with E-state index in [2.05, 4.69) is 10.4 Å². The van der Waals surface area contributed by atoms with Crippen molar-refractivity contribution < 1.29 is 19.4 Å². The quantitative estimate of drug-likeness (QED) is 0.829. The van der Waals surface area contributed by atoms with Crippen molar-refractivity contribution in [2.75, 3.05) is 13.2 Å². The average Bonchev–Trinajstić information content (AvgIpc) is 3.06. The molecule has 1 aliphatic rings. The van der Waals surface area contributed by atoms with Crippen LogP contribution < -0.4 is 10.9 Å². The van der Waals surface area contributed by atoms with Gasteiger partial charge in [0.1, 0.15) is 5.69 Å². The maximum Gasteiger partial charge on any atom is 0.331 e. The normalized spacial score (nSPS) is 19.8. The summed E-state index contributed by atoms with van der Waals surface area (Å²) < 4.78 is 6.19. The second kappa shape index (κ2) is 6.25. The number of carbonyl (C=O) groups excluding carboxylic acids is 1. The monoisotopic (exact) mass is 329 g/mol. The molecule has 24 heavy (non-hydrogen) atoms. The molecule has 8 heteroatoms. The molecule has 0 spiro atoms. The van der Waals surface area contributed by atoms with E-state index in [9.17, 15) is 19.5 Å². The predicted octanol–water partition coefficient (Wildman–Crippen LogP) is 0.206. The van der Waals surface area contributed by atoms with Gasteiger partial charge >= 0.3 is 5.97 Å². The van der Waals surface area contributed by atoms with Gasteiger partial charge < -0.3 is 15.2 Å². The van der Waals surface area contributed by atoms with Crippen LogP contribution in [0.25, 0.3) is 5.69 Å². The van der Waals surface area contributed by atoms with E-state index in [1.807, 2.05) is 0 Å². The van der Waals surface area contributed by atoms with Gasteiger partial charge in [0.2, 0.25) is 0 Å². The Labute approximate surface area is 136 Å². The van der Waals surface area contributed by atoms with Crippen LogP contribution in [0.1, 0.15) is 16.9 Å². The van der Waals surface area contributed by atoms with Crippen molar-refractivity contribution in [3.63, 3.8) is 0 Å². The molecule has 1 amide bonds. The van der Waals surface area contributed by atoms with Crippen molar-refractivity contribution >= 4 is 11.9 Å². The van der Waals surface area contributed by atoms with E-state index in [1.165, 1.54) is 12.1 Å². The number of para-hydroxylation sites is 1. The number of benzene rings is 1. The van der Waals surface area contributed by atoms with E-state index in [0.29, 0.717) is 5.69 Å². The fourth-order valence-corrected chi connectivity index (χ4v) is 2.45. The highest BCUT2D eigenvalue weighted by atomic mass is 16.5. The summed E-state index contributed by atoms with van der Waals surface area (Å²) in [5.74, 6) is -1.84. The number of nitrogens with one attached hydrogen (secondary N) is 1. The third-order valence-electron chi connectivity index (χ3n) is 3.82. The van der Waals surface area contributed by atoms with E-state index in [-0.39, 0.29) is 25.3 Å². The van der Waals surface area contributed by atoms with Gasteiger partial charge in [-0.3, -0.25) is 9.59 Å². The molecule has 2 N–H and O–H groups in total. The van der Waals surface area contributed by atoms with Crippen molar-refractivity contribution in [1.82, 2.24) is 15.1 Å². The Morgan fingerprint density at radius 3 is 2.58 bits per heavy atom. The molecule has 2 heterocycles. The number of amides is 1. The maximum atomic E-state index is 12.4. The smallest absolute Gasteiger partial charge is 0.331 e. The van der Waals surface area contributed by atoms with Crippen molar-refractivity contribution in [3.8, 4) is 5.69 Å². The van der Waals surface area contributed by atoms with Crippen molar-refractivity contribution in [1.29, 1.82) is 0 Å². The minimum atomic E-state index is -1.47. The van der Waals surface area contributed by atoms with Crippen LogP contribution in [0.2, 0.25) is 0 Å². The molecular formula is C16H15N3O5. The Morgan fingerprint density at radius 1 is 1.21 bits per heavy atom. The lowest BCUT2D eigenvalue weighted by Crippen LogP contribution is -2.55. The molecular weight excluding hydrogens is 314 g/mol. The summed E-state index contributed by atoms with van der Waals surface area (Å²) in [7, 11) is 0. The highest BCUT2D eigenvalue weighted by Crippen LogP contribution is 2.19. The van der Waals surface area contributed by atoms with Crippen LogP contribution in [0.3, 0.4) is 0 Å². The highest BCUT2D eigenvalue weighted by molar-refractivity contribution is 5.96. The molecule has 1 aliphatic heterocycles. The lowest BCUT2D eigenvalue weighted by atomic mass is 9.99. The van der Waals surface area contributed by atoms with Gasteiger partial charge in [0.05, 0.1) is 12.3 Å². The van der Waals surface area contributed by atoms with Gasteiger partial charge in [-0.1, -0.05) is 18.2 Å². The lowest BCUT2D eigenvalue weighted by Gasteiger charge is -2.23. The number of hydrogen-bond donors (Lipinski definition) is 2. The minimum absolute atomic E-state index is 0.0500. The van der Waals surface area contributed by atoms with Crippen molar-refractivity contribution in [2.45, 2.75) is 12.0 Å². The number of nitrogens with zero attached hydrogens (tertiary/aromatic N) is 2. The number of hydrogen-bond acceptors (Lipinski definition) is 5. The Bertz CT molecular complexity index is 825. The molecule has 1 saturated heterocycles. The van der Waals surface area contributed by atoms with Gasteiger partial charge in [0.25, 0.3) is 11.5 Å². The summed E-state index contributed by atoms with van der Waals surface area (Å²) >= 11 is 0. The van der Waals surface area contributed by atoms with Gasteiger partial charge in [0.15, 0.2) is 5.54 Å². The molecule has 2 aromatic rings. The molecule has 1 unspecified atom stereocenters. The molecule has 8 nitrogen and oxygen atoms in total. The third kappa shape index (κ3) is 2.91. The summed E-state index contributed by atoms with van der Waals surface area (Å²) in [6.07, 6.45) is 0.173. The fourth-order valence-electron chi connectivity index (χ4n) is 2.45. The number of carboxylic acids is 1. The van der Waals surface area contributed by atoms with Gasteiger partial charge in [-0.2, -0.15) is 9.78 Å². The molecule has 0 radical (unpaired) electrons. The molecule has 0 saturated carbocycles. The molecule has 1 fully saturated rings. The molecule has 0 aliphatic carbocycles. The topological polar surface area (TPSA) is 111 Å². The van der Waals surface area contributed by atoms with Gasteiger partial charge in [-0.05, 0) is 18.2 Å². The van der Waals surface area contributed by atoms with Crippen LogP contribution in [-0.4, -0.2) is 45.5 Å². The third-order valence-corrected chi connectivity index (χ3v) is 3.82. The number of aromatic nitrogens is 2. The molecule has 1 aromatic heterocycles. The number of ether oxygens (including phenoxy) is 1. The number of rotatable bonds is 4. The van der Waals surface area contributed by atoms with Crippen molar-refractivity contribution in [2.24, 2.45) is 0 Å². The SMILES string of the molecule is O=C(NC1(C(=O)O)CCOC1)c1ccc(=O)n(-c2ccccc2)n1. The molecule has 0 bridgehead atoms. The van der Waals surface area contributed by atoms with E-state index in [0.717, 1.165) is 4.68 Å². The zero-order chi connectivity index (χ0) is 17.2. The van der Waals surface area contributed by atoms with Gasteiger partial charge in [-0.15, -0.1) is 0 Å². The zero-order valence-electron chi connectivity index (χ0n) is 12.6. The van der Waals surface area contributed by atoms with Gasteiger partial charge in [-0.25, -0.2) is 4.79 Å². The van der Waals surface area contributed by atoms with Gasteiger partial charge in [0, 0.05) is 19.1 Å². The minimum Gasteiger partial charge on any atom is -0.479 e. The van der Waals surface area contributed by atoms with Crippen molar-refractivity contribution in [3.05, 3.63) is 58.5 Å². The van der Waals surface area contributed by atoms with E-state index in [4.69, 9.17) is 4.74 Å². The predicted molar refractivity (Wildman–Crippen MR) is 83.1 cm³/mol. The van der Waals surface area contributed by atoms with E-state index < -0.39 is 23.0 Å². The maximum absolute atomic E-state index is 12.4. The largest absolute Gasteiger partial charge is 0.479 e. The fraction of sp³-hybridized carbons (Fsp3) is 0.250. The number of carbonyl (C=O) groups is 2. The Kier molecular flexibility index (Phi) is 4.13. The summed E-state index contributed by atoms with van der Waals surface area (Å²) in [6.45, 7) is 0.149. The standard InChI is InChI=1S/C16H15N3O5/c20-13-7-6-12(18-19(13)11-4-2-1-3-5-11)14(21)17-16(15(22)23)8-9-24-10-16/h1-7H,8-10H2,(H,17,21)(H,22,23). The summed E-state index contributed by atoms with van der Waals surface area (Å²) in [6, 6.07) is 11.1. The first kappa shape index (κ1) is 15.9. The second-order valence-electron chi connectivity index (χ2n) is 5.45. The highest BCUT2D eigenvalue weighted by Gasteiger charge is 2.44. The van der Waals surface area contributed by atoms with Crippen LogP contribution in [0.4, 0.5) is 0 Å². The van der Waals surface area contributed by atoms with Crippen LogP contribution >= 0.6 is 0 Å². The molecule has 1 aromatic carbocycles. The Morgan fingerprint density at radius 2 is 1.96 bits per heavy atom. The van der Waals surface area contributed by atoms with Crippen LogP contribution in [0.5, 0.6) is 0 Å². The molecule has 3 rings (SSSR count). The number of carboxylic acid groups (broad SMARTS) is 1. The average molecular weight is 329 g/mol. The number of aliphatic carboxylic acids is 1. The summed E-state index contributed by atoms with van der Waals surface area (Å²) in [5.41, 5.74) is -1.40. The second-order valence-corrected chi connectivity index (χ2v) is 5.45. The summed E-state index contributed by atoms with van der Waals surface area (Å²) in [4.78, 5) is 35.8. The van der Waals surface area contributed by atoms with Crippen LogP contribution in [0.15, 0.2) is 47.3 Å². The first-order chi connectivity index (χ1) is 11.5. The molecule has 1 atom stereocenters. The lowest BCUT2D eigenvalue weighted by molar-refractivity contribution is -0.144. The first-order valence-corrected chi connectivity index (χ1v) is 7.31. The molecule has 124 valence electrons. The zero-order valence-corrected chi connectivity index (χ0v) is 12.6. The van der Waals surface area contributed by atoms with Crippen LogP contribution in [-0.2, 0) is 9.53 Å². The van der Waals surface area contributed by atoms with E-state index in [1.54, 1.807) is 30.3 Å². The Hall–Kier alpha value is -3.00.